The molecule has 0 aromatic carbocycles. The molecule has 1 rings (SSSR count). The first-order valence-corrected chi connectivity index (χ1v) is 8.47. The third-order valence-corrected chi connectivity index (χ3v) is 5.56. The molecule has 0 aromatic heterocycles. The Morgan fingerprint density at radius 1 is 1.37 bits per heavy atom. The van der Waals surface area contributed by atoms with E-state index < -0.39 is 11.5 Å². The van der Waals surface area contributed by atoms with E-state index in [0.29, 0.717) is 11.8 Å². The van der Waals surface area contributed by atoms with Crippen LogP contribution >= 0.6 is 23.5 Å². The molecule has 1 aliphatic rings. The Hall–Kier alpha value is -0.560. The number of nitrogens with one attached hydrogen (secondary N) is 1. The number of urea groups is 1. The fraction of sp³-hybridized carbons (Fsp3) is 0.833. The molecular formula is C12H22N2O3S2. The Bertz CT molecular complexity index is 325. The second-order valence-electron chi connectivity index (χ2n) is 5.40. The number of thioether (sulfide) groups is 2. The molecule has 19 heavy (non-hydrogen) atoms. The minimum Gasteiger partial charge on any atom is -0.480 e. The van der Waals surface area contributed by atoms with Gasteiger partial charge in [0.25, 0.3) is 0 Å². The monoisotopic (exact) mass is 306 g/mol. The minimum absolute atomic E-state index is 0.276. The molecule has 1 atom stereocenters. The summed E-state index contributed by atoms with van der Waals surface area (Å²) in [6.45, 7) is 5.83. The number of nitrogens with zero attached hydrogens (tertiary/aromatic N) is 1. The van der Waals surface area contributed by atoms with Crippen LogP contribution in [0.2, 0.25) is 0 Å². The number of amides is 2. The van der Waals surface area contributed by atoms with E-state index in [9.17, 15) is 9.59 Å². The lowest BCUT2D eigenvalue weighted by atomic mass is 10.1. The Labute approximate surface area is 122 Å². The Kier molecular flexibility index (Phi) is 6.32. The first-order valence-electron chi connectivity index (χ1n) is 6.27. The van der Waals surface area contributed by atoms with E-state index in [4.69, 9.17) is 5.11 Å². The molecule has 0 spiro atoms. The van der Waals surface area contributed by atoms with Crippen LogP contribution in [0.25, 0.3) is 0 Å². The number of carbonyl (C=O) groups is 2. The molecule has 0 radical (unpaired) electrons. The number of rotatable bonds is 4. The van der Waals surface area contributed by atoms with Crippen molar-refractivity contribution >= 4 is 35.5 Å². The molecular weight excluding hydrogens is 284 g/mol. The smallest absolute Gasteiger partial charge is 0.323 e. The summed E-state index contributed by atoms with van der Waals surface area (Å²) in [5.41, 5.74) is -0.503. The zero-order valence-electron chi connectivity index (χ0n) is 11.6. The highest BCUT2D eigenvalue weighted by molar-refractivity contribution is 8.06. The molecule has 5 nitrogen and oxygen atoms in total. The number of carbonyl (C=O) groups excluding carboxylic acids is 1. The van der Waals surface area contributed by atoms with Gasteiger partial charge in [-0.2, -0.15) is 23.5 Å². The van der Waals surface area contributed by atoms with Crippen molar-refractivity contribution in [3.05, 3.63) is 0 Å². The Balaban J connectivity index is 2.49. The number of carboxylic acids is 1. The van der Waals surface area contributed by atoms with Crippen LogP contribution in [0.3, 0.4) is 0 Å². The van der Waals surface area contributed by atoms with Crippen molar-refractivity contribution in [2.24, 2.45) is 0 Å². The number of aliphatic carboxylic acids is 1. The van der Waals surface area contributed by atoms with Gasteiger partial charge in [0, 0.05) is 34.6 Å². The summed E-state index contributed by atoms with van der Waals surface area (Å²) < 4.78 is 0. The molecule has 1 saturated heterocycles. The number of hydrogen-bond acceptors (Lipinski definition) is 4. The molecule has 0 saturated carbocycles. The minimum atomic E-state index is -0.993. The highest BCUT2D eigenvalue weighted by Crippen LogP contribution is 2.23. The Morgan fingerprint density at radius 2 is 2.05 bits per heavy atom. The van der Waals surface area contributed by atoms with Gasteiger partial charge in [-0.05, 0) is 20.8 Å². The van der Waals surface area contributed by atoms with Gasteiger partial charge in [-0.25, -0.2) is 4.79 Å². The summed E-state index contributed by atoms with van der Waals surface area (Å²) in [4.78, 5) is 24.3. The summed E-state index contributed by atoms with van der Waals surface area (Å²) in [6.07, 6.45) is 0. The summed E-state index contributed by atoms with van der Waals surface area (Å²) in [7, 11) is 0. The lowest BCUT2D eigenvalue weighted by molar-refractivity contribution is -0.138. The lowest BCUT2D eigenvalue weighted by Gasteiger charge is -2.35. The average molecular weight is 306 g/mol. The van der Waals surface area contributed by atoms with Crippen LogP contribution in [0.15, 0.2) is 0 Å². The van der Waals surface area contributed by atoms with Gasteiger partial charge in [0.05, 0.1) is 0 Å². The average Bonchev–Trinajstić information content (AvgIpc) is 2.33. The molecule has 110 valence electrons. The SMILES string of the molecule is CC(C)(C)N(CC(=O)O)C(=O)NCC1CSCCS1. The van der Waals surface area contributed by atoms with Crippen LogP contribution < -0.4 is 5.32 Å². The van der Waals surface area contributed by atoms with E-state index in [-0.39, 0.29) is 12.6 Å². The van der Waals surface area contributed by atoms with Crippen LogP contribution in [0.1, 0.15) is 20.8 Å². The second kappa shape index (κ2) is 7.28. The summed E-state index contributed by atoms with van der Waals surface area (Å²) in [6, 6.07) is -0.300. The van der Waals surface area contributed by atoms with E-state index in [1.165, 1.54) is 10.7 Å². The third-order valence-electron chi connectivity index (χ3n) is 2.71. The van der Waals surface area contributed by atoms with Gasteiger partial charge in [0.15, 0.2) is 0 Å². The predicted molar refractivity (Wildman–Crippen MR) is 81.1 cm³/mol. The largest absolute Gasteiger partial charge is 0.480 e. The predicted octanol–water partition coefficient (Wildman–Crippen LogP) is 1.73. The topological polar surface area (TPSA) is 69.6 Å². The summed E-state index contributed by atoms with van der Waals surface area (Å²) in [5.74, 6) is 2.33. The van der Waals surface area contributed by atoms with Crippen molar-refractivity contribution in [3.63, 3.8) is 0 Å². The van der Waals surface area contributed by atoms with Gasteiger partial charge in [0.1, 0.15) is 6.54 Å². The maximum absolute atomic E-state index is 12.1. The van der Waals surface area contributed by atoms with Gasteiger partial charge in [0.2, 0.25) is 0 Å². The standard InChI is InChI=1S/C12H22N2O3S2/c1-12(2,3)14(7-10(15)16)11(17)13-6-9-8-18-4-5-19-9/h9H,4-8H2,1-3H3,(H,13,17)(H,15,16). The van der Waals surface area contributed by atoms with Gasteiger partial charge in [-0.3, -0.25) is 4.79 Å². The molecule has 1 aliphatic heterocycles. The molecule has 1 heterocycles. The maximum atomic E-state index is 12.1. The van der Waals surface area contributed by atoms with E-state index in [1.807, 2.05) is 44.3 Å². The lowest BCUT2D eigenvalue weighted by Crippen LogP contribution is -2.53. The molecule has 1 unspecified atom stereocenters. The summed E-state index contributed by atoms with van der Waals surface area (Å²) >= 11 is 3.77. The molecule has 1 fully saturated rings. The normalized spacial score (nSPS) is 19.8. The highest BCUT2D eigenvalue weighted by atomic mass is 32.2. The Morgan fingerprint density at radius 3 is 2.53 bits per heavy atom. The van der Waals surface area contributed by atoms with E-state index in [1.54, 1.807) is 0 Å². The van der Waals surface area contributed by atoms with Crippen molar-refractivity contribution in [2.75, 3.05) is 30.3 Å². The van der Waals surface area contributed by atoms with Gasteiger partial charge in [-0.15, -0.1) is 0 Å². The molecule has 7 heteroatoms. The number of hydrogen-bond donors (Lipinski definition) is 2. The van der Waals surface area contributed by atoms with E-state index in [0.717, 1.165) is 11.5 Å². The molecule has 0 bridgehead atoms. The highest BCUT2D eigenvalue weighted by Gasteiger charge is 2.28. The van der Waals surface area contributed by atoms with Crippen LogP contribution in [0.4, 0.5) is 4.79 Å². The third kappa shape index (κ3) is 5.95. The fourth-order valence-corrected chi connectivity index (χ4v) is 4.31. The first kappa shape index (κ1) is 16.5. The van der Waals surface area contributed by atoms with Crippen molar-refractivity contribution in [3.8, 4) is 0 Å². The first-order chi connectivity index (χ1) is 8.80. The van der Waals surface area contributed by atoms with Crippen LogP contribution in [0, 0.1) is 0 Å². The van der Waals surface area contributed by atoms with E-state index in [2.05, 4.69) is 5.32 Å². The van der Waals surface area contributed by atoms with Gasteiger partial charge >= 0.3 is 12.0 Å². The van der Waals surface area contributed by atoms with Crippen molar-refractivity contribution in [2.45, 2.75) is 31.6 Å². The zero-order chi connectivity index (χ0) is 14.5. The van der Waals surface area contributed by atoms with E-state index >= 15 is 0 Å². The molecule has 2 N–H and O–H groups in total. The van der Waals surface area contributed by atoms with Gasteiger partial charge in [-0.1, -0.05) is 0 Å². The molecule has 0 aliphatic carbocycles. The van der Waals surface area contributed by atoms with Gasteiger partial charge < -0.3 is 15.3 Å². The molecule has 2 amide bonds. The molecule has 0 aromatic rings. The zero-order valence-corrected chi connectivity index (χ0v) is 13.3. The second-order valence-corrected chi connectivity index (χ2v) is 7.96. The van der Waals surface area contributed by atoms with Crippen molar-refractivity contribution in [1.29, 1.82) is 0 Å². The summed E-state index contributed by atoms with van der Waals surface area (Å²) in [5, 5.41) is 12.2. The quantitative estimate of drug-likeness (QED) is 0.828. The fourth-order valence-electron chi connectivity index (χ4n) is 1.70. The van der Waals surface area contributed by atoms with Crippen LogP contribution in [-0.4, -0.2) is 63.1 Å². The van der Waals surface area contributed by atoms with Crippen LogP contribution in [-0.2, 0) is 4.79 Å². The number of carboxylic acid groups (broad SMARTS) is 1. The van der Waals surface area contributed by atoms with Crippen LogP contribution in [0.5, 0.6) is 0 Å². The van der Waals surface area contributed by atoms with Crippen molar-refractivity contribution in [1.82, 2.24) is 10.2 Å². The van der Waals surface area contributed by atoms with Crippen molar-refractivity contribution < 1.29 is 14.7 Å². The maximum Gasteiger partial charge on any atom is 0.323 e.